The van der Waals surface area contributed by atoms with Gasteiger partial charge in [-0.25, -0.2) is 0 Å². The van der Waals surface area contributed by atoms with Crippen LogP contribution in [0.25, 0.3) is 0 Å². The van der Waals surface area contributed by atoms with Crippen molar-refractivity contribution >= 4 is 11.3 Å². The molecule has 0 aromatic carbocycles. The topological polar surface area (TPSA) is 53.0 Å². The van der Waals surface area contributed by atoms with Crippen LogP contribution in [0.3, 0.4) is 0 Å². The number of nitrogens with zero attached hydrogens (tertiary/aromatic N) is 2. The molecule has 0 fully saturated rings. The Balaban J connectivity index is 2.73. The fraction of sp³-hybridized carbons (Fsp3) is 0.583. The first-order valence-electron chi connectivity index (χ1n) is 5.60. The standard InChI is InChI=1S/C12H19N3S/c1-3-15(9-10(2)7-13)11(8-14)12-5-4-6-16-12/h4-6,10-11H,3,8-9,14H2,1-2H3. The third-order valence-electron chi connectivity index (χ3n) is 2.67. The molecule has 0 amide bonds. The van der Waals surface area contributed by atoms with E-state index in [1.165, 1.54) is 4.88 Å². The van der Waals surface area contributed by atoms with Crippen molar-refractivity contribution in [3.8, 4) is 6.07 Å². The van der Waals surface area contributed by atoms with Crippen LogP contribution < -0.4 is 5.73 Å². The quantitative estimate of drug-likeness (QED) is 0.825. The largest absolute Gasteiger partial charge is 0.329 e. The maximum absolute atomic E-state index is 8.86. The van der Waals surface area contributed by atoms with Gasteiger partial charge in [0.15, 0.2) is 0 Å². The van der Waals surface area contributed by atoms with E-state index in [2.05, 4.69) is 29.3 Å². The highest BCUT2D eigenvalue weighted by Crippen LogP contribution is 2.24. The smallest absolute Gasteiger partial charge is 0.0666 e. The third kappa shape index (κ3) is 3.31. The minimum atomic E-state index is 0.0500. The van der Waals surface area contributed by atoms with E-state index in [1.807, 2.05) is 13.0 Å². The molecule has 0 radical (unpaired) electrons. The predicted octanol–water partition coefficient (Wildman–Crippen LogP) is 2.23. The molecule has 1 aromatic rings. The zero-order valence-corrected chi connectivity index (χ0v) is 10.7. The number of thiophene rings is 1. The number of likely N-dealkylation sites (N-methyl/N-ethyl adjacent to an activating group) is 1. The van der Waals surface area contributed by atoms with Gasteiger partial charge >= 0.3 is 0 Å². The number of hydrogen-bond donors (Lipinski definition) is 1. The number of nitriles is 1. The molecule has 0 aliphatic rings. The molecule has 0 aliphatic carbocycles. The molecular weight excluding hydrogens is 218 g/mol. The van der Waals surface area contributed by atoms with Crippen molar-refractivity contribution in [2.24, 2.45) is 11.7 Å². The average Bonchev–Trinajstić information content (AvgIpc) is 2.82. The fourth-order valence-electron chi connectivity index (χ4n) is 1.80. The van der Waals surface area contributed by atoms with Crippen LogP contribution in [-0.4, -0.2) is 24.5 Å². The zero-order chi connectivity index (χ0) is 12.0. The van der Waals surface area contributed by atoms with E-state index in [9.17, 15) is 0 Å². The maximum atomic E-state index is 8.86. The summed E-state index contributed by atoms with van der Waals surface area (Å²) in [6, 6.07) is 6.68. The van der Waals surface area contributed by atoms with Crippen molar-refractivity contribution in [1.29, 1.82) is 5.26 Å². The second-order valence-corrected chi connectivity index (χ2v) is 4.86. The molecule has 1 rings (SSSR count). The summed E-state index contributed by atoms with van der Waals surface area (Å²) in [5.41, 5.74) is 5.84. The summed E-state index contributed by atoms with van der Waals surface area (Å²) in [4.78, 5) is 3.56. The van der Waals surface area contributed by atoms with Gasteiger partial charge in [0.25, 0.3) is 0 Å². The van der Waals surface area contributed by atoms with Gasteiger partial charge in [-0.1, -0.05) is 13.0 Å². The molecule has 1 aromatic heterocycles. The van der Waals surface area contributed by atoms with Gasteiger partial charge in [-0.05, 0) is 24.9 Å². The van der Waals surface area contributed by atoms with Gasteiger partial charge in [-0.15, -0.1) is 11.3 Å². The fourth-order valence-corrected chi connectivity index (χ4v) is 2.67. The molecule has 88 valence electrons. The lowest BCUT2D eigenvalue weighted by Gasteiger charge is -2.29. The van der Waals surface area contributed by atoms with Gasteiger partial charge in [-0.2, -0.15) is 5.26 Å². The van der Waals surface area contributed by atoms with E-state index in [0.29, 0.717) is 6.54 Å². The molecule has 0 spiro atoms. The van der Waals surface area contributed by atoms with Gasteiger partial charge in [0.2, 0.25) is 0 Å². The van der Waals surface area contributed by atoms with E-state index in [1.54, 1.807) is 11.3 Å². The van der Waals surface area contributed by atoms with Gasteiger partial charge in [-0.3, -0.25) is 4.90 Å². The van der Waals surface area contributed by atoms with Crippen molar-refractivity contribution in [1.82, 2.24) is 4.90 Å². The van der Waals surface area contributed by atoms with Gasteiger partial charge in [0.1, 0.15) is 0 Å². The number of rotatable bonds is 6. The molecule has 0 saturated carbocycles. The Bertz CT molecular complexity index is 329. The van der Waals surface area contributed by atoms with Crippen molar-refractivity contribution in [2.75, 3.05) is 19.6 Å². The maximum Gasteiger partial charge on any atom is 0.0666 e. The lowest BCUT2D eigenvalue weighted by Crippen LogP contribution is -2.36. The summed E-state index contributed by atoms with van der Waals surface area (Å²) < 4.78 is 0. The first kappa shape index (κ1) is 13.2. The van der Waals surface area contributed by atoms with Crippen LogP contribution in [0.15, 0.2) is 17.5 Å². The molecule has 2 atom stereocenters. The van der Waals surface area contributed by atoms with E-state index < -0.39 is 0 Å². The van der Waals surface area contributed by atoms with Crippen molar-refractivity contribution in [3.05, 3.63) is 22.4 Å². The van der Waals surface area contributed by atoms with Crippen LogP contribution in [0.1, 0.15) is 24.8 Å². The lowest BCUT2D eigenvalue weighted by molar-refractivity contribution is 0.200. The SMILES string of the molecule is CCN(CC(C)C#N)C(CN)c1cccs1. The van der Waals surface area contributed by atoms with E-state index in [4.69, 9.17) is 11.0 Å². The van der Waals surface area contributed by atoms with Crippen LogP contribution in [-0.2, 0) is 0 Å². The highest BCUT2D eigenvalue weighted by molar-refractivity contribution is 7.10. The van der Waals surface area contributed by atoms with Crippen molar-refractivity contribution in [2.45, 2.75) is 19.9 Å². The molecule has 4 heteroatoms. The highest BCUT2D eigenvalue weighted by atomic mass is 32.1. The van der Waals surface area contributed by atoms with Crippen LogP contribution in [0.4, 0.5) is 0 Å². The summed E-state index contributed by atoms with van der Waals surface area (Å²) in [6.45, 7) is 6.37. The molecule has 0 bridgehead atoms. The van der Waals surface area contributed by atoms with Crippen LogP contribution in [0, 0.1) is 17.2 Å². The Labute approximate surface area is 101 Å². The van der Waals surface area contributed by atoms with Gasteiger partial charge < -0.3 is 5.73 Å². The van der Waals surface area contributed by atoms with Crippen LogP contribution in [0.2, 0.25) is 0 Å². The summed E-state index contributed by atoms with van der Waals surface area (Å²) in [5, 5.41) is 10.9. The van der Waals surface area contributed by atoms with E-state index in [0.717, 1.165) is 13.1 Å². The minimum Gasteiger partial charge on any atom is -0.329 e. The first-order chi connectivity index (χ1) is 7.72. The van der Waals surface area contributed by atoms with Gasteiger partial charge in [0.05, 0.1) is 18.0 Å². The van der Waals surface area contributed by atoms with Crippen molar-refractivity contribution in [3.63, 3.8) is 0 Å². The van der Waals surface area contributed by atoms with E-state index in [-0.39, 0.29) is 12.0 Å². The molecule has 1 heterocycles. The van der Waals surface area contributed by atoms with Crippen LogP contribution in [0.5, 0.6) is 0 Å². The first-order valence-corrected chi connectivity index (χ1v) is 6.48. The summed E-state index contributed by atoms with van der Waals surface area (Å²) >= 11 is 1.73. The Morgan fingerprint density at radius 3 is 2.81 bits per heavy atom. The monoisotopic (exact) mass is 237 g/mol. The molecule has 16 heavy (non-hydrogen) atoms. The summed E-state index contributed by atoms with van der Waals surface area (Å²) in [7, 11) is 0. The van der Waals surface area contributed by atoms with Gasteiger partial charge in [0, 0.05) is 18.0 Å². The zero-order valence-electron chi connectivity index (χ0n) is 9.89. The van der Waals surface area contributed by atoms with Crippen molar-refractivity contribution < 1.29 is 0 Å². The Morgan fingerprint density at radius 1 is 1.62 bits per heavy atom. The minimum absolute atomic E-state index is 0.0500. The Kier molecular flexibility index (Phi) is 5.47. The second-order valence-electron chi connectivity index (χ2n) is 3.88. The molecule has 2 N–H and O–H groups in total. The molecule has 0 aliphatic heterocycles. The molecule has 0 saturated heterocycles. The predicted molar refractivity (Wildman–Crippen MR) is 68.1 cm³/mol. The Morgan fingerprint density at radius 2 is 2.38 bits per heavy atom. The van der Waals surface area contributed by atoms with Crippen LogP contribution >= 0.6 is 11.3 Å². The highest BCUT2D eigenvalue weighted by Gasteiger charge is 2.20. The normalized spacial score (nSPS) is 14.7. The average molecular weight is 237 g/mol. The molecule has 3 nitrogen and oxygen atoms in total. The number of hydrogen-bond acceptors (Lipinski definition) is 4. The summed E-state index contributed by atoms with van der Waals surface area (Å²) in [5.74, 6) is 0.0500. The molecular formula is C12H19N3S. The number of nitrogens with two attached hydrogens (primary N) is 1. The molecule has 2 unspecified atom stereocenters. The summed E-state index contributed by atoms with van der Waals surface area (Å²) in [6.07, 6.45) is 0. The third-order valence-corrected chi connectivity index (χ3v) is 3.64. The van der Waals surface area contributed by atoms with E-state index >= 15 is 0 Å². The lowest BCUT2D eigenvalue weighted by atomic mass is 10.1. The Hall–Kier alpha value is -0.890. The second kappa shape index (κ2) is 6.64.